The molecule has 3 rings (SSSR count). The summed E-state index contributed by atoms with van der Waals surface area (Å²) in [6.45, 7) is 4.32. The molecular weight excluding hydrogens is 345 g/mol. The topological polar surface area (TPSA) is 72.4 Å². The van der Waals surface area contributed by atoms with Gasteiger partial charge in [-0.05, 0) is 44.9 Å². The fraction of sp³-hybridized carbons (Fsp3) is 0.412. The first-order chi connectivity index (χ1) is 11.8. The molecular formula is C17H20FN3O3S. The lowest BCUT2D eigenvalue weighted by molar-refractivity contribution is 0.129. The van der Waals surface area contributed by atoms with Gasteiger partial charge in [-0.1, -0.05) is 6.07 Å². The van der Waals surface area contributed by atoms with Gasteiger partial charge in [0.05, 0.1) is 4.90 Å². The number of benzene rings is 1. The lowest BCUT2D eigenvalue weighted by Crippen LogP contribution is -2.41. The summed E-state index contributed by atoms with van der Waals surface area (Å²) in [5.41, 5.74) is 0.827. The minimum absolute atomic E-state index is 0.0195. The smallest absolute Gasteiger partial charge is 0.243 e. The van der Waals surface area contributed by atoms with Crippen molar-refractivity contribution >= 4 is 10.0 Å². The minimum Gasteiger partial charge on any atom is -0.474 e. The van der Waals surface area contributed by atoms with Crippen molar-refractivity contribution in [1.82, 2.24) is 14.3 Å². The predicted octanol–water partition coefficient (Wildman–Crippen LogP) is 2.46. The van der Waals surface area contributed by atoms with Gasteiger partial charge >= 0.3 is 0 Å². The predicted molar refractivity (Wildman–Crippen MR) is 90.3 cm³/mol. The summed E-state index contributed by atoms with van der Waals surface area (Å²) in [5, 5.41) is 0. The quantitative estimate of drug-likeness (QED) is 0.832. The van der Waals surface area contributed by atoms with Crippen LogP contribution in [-0.2, 0) is 10.0 Å². The van der Waals surface area contributed by atoms with Crippen LogP contribution >= 0.6 is 0 Å². The molecule has 0 unspecified atom stereocenters. The summed E-state index contributed by atoms with van der Waals surface area (Å²) < 4.78 is 45.7. The molecule has 1 aliphatic rings. The highest BCUT2D eigenvalue weighted by Crippen LogP contribution is 2.23. The first-order valence-electron chi connectivity index (χ1n) is 8.09. The van der Waals surface area contributed by atoms with Crippen molar-refractivity contribution in [3.63, 3.8) is 0 Å². The van der Waals surface area contributed by atoms with Crippen LogP contribution in [0.4, 0.5) is 4.39 Å². The Hall–Kier alpha value is -2.06. The largest absolute Gasteiger partial charge is 0.474 e. The molecule has 134 valence electrons. The van der Waals surface area contributed by atoms with E-state index >= 15 is 0 Å². The molecule has 8 heteroatoms. The van der Waals surface area contributed by atoms with E-state index in [1.54, 1.807) is 13.0 Å². The van der Waals surface area contributed by atoms with Gasteiger partial charge in [-0.3, -0.25) is 0 Å². The van der Waals surface area contributed by atoms with Gasteiger partial charge in [0.2, 0.25) is 15.9 Å². The van der Waals surface area contributed by atoms with Crippen LogP contribution in [0, 0.1) is 19.7 Å². The van der Waals surface area contributed by atoms with Crippen LogP contribution in [0.5, 0.6) is 5.88 Å². The van der Waals surface area contributed by atoms with Crippen molar-refractivity contribution in [2.24, 2.45) is 0 Å². The highest BCUT2D eigenvalue weighted by molar-refractivity contribution is 7.89. The standard InChI is InChI=1S/C17H20FN3O3S/c1-12-10-17(20-13(2)19-12)24-15-6-8-21(9-7-15)25(22,23)16-5-3-4-14(18)11-16/h3-5,10-11,15H,6-9H2,1-2H3. The van der Waals surface area contributed by atoms with Gasteiger partial charge in [0.15, 0.2) is 0 Å². The molecule has 0 bridgehead atoms. The van der Waals surface area contributed by atoms with Gasteiger partial charge in [-0.15, -0.1) is 0 Å². The summed E-state index contributed by atoms with van der Waals surface area (Å²) in [4.78, 5) is 8.43. The summed E-state index contributed by atoms with van der Waals surface area (Å²) in [6, 6.07) is 6.85. The van der Waals surface area contributed by atoms with Gasteiger partial charge < -0.3 is 4.74 Å². The molecule has 6 nitrogen and oxygen atoms in total. The van der Waals surface area contributed by atoms with Crippen LogP contribution in [0.1, 0.15) is 24.4 Å². The molecule has 1 saturated heterocycles. The van der Waals surface area contributed by atoms with Gasteiger partial charge in [0, 0.05) is 24.8 Å². The average molecular weight is 365 g/mol. The fourth-order valence-electron chi connectivity index (χ4n) is 2.88. The third-order valence-electron chi connectivity index (χ3n) is 4.06. The number of rotatable bonds is 4. The Labute approximate surface area is 146 Å². The molecule has 0 saturated carbocycles. The monoisotopic (exact) mass is 365 g/mol. The number of hydrogen-bond donors (Lipinski definition) is 0. The second-order valence-electron chi connectivity index (χ2n) is 6.07. The molecule has 0 amide bonds. The van der Waals surface area contributed by atoms with Crippen molar-refractivity contribution in [2.75, 3.05) is 13.1 Å². The normalized spacial score (nSPS) is 16.8. The Balaban J connectivity index is 1.65. The van der Waals surface area contributed by atoms with Crippen molar-refractivity contribution in [3.05, 3.63) is 47.7 Å². The molecule has 1 fully saturated rings. The summed E-state index contributed by atoms with van der Waals surface area (Å²) in [6.07, 6.45) is 1.00. The summed E-state index contributed by atoms with van der Waals surface area (Å²) in [7, 11) is -3.68. The fourth-order valence-corrected chi connectivity index (χ4v) is 4.38. The van der Waals surface area contributed by atoms with Crippen LogP contribution in [0.25, 0.3) is 0 Å². The number of nitrogens with zero attached hydrogens (tertiary/aromatic N) is 3. The molecule has 25 heavy (non-hydrogen) atoms. The molecule has 2 heterocycles. The Morgan fingerprint density at radius 2 is 1.88 bits per heavy atom. The van der Waals surface area contributed by atoms with Gasteiger partial charge in [-0.2, -0.15) is 9.29 Å². The van der Waals surface area contributed by atoms with Gasteiger partial charge in [0.25, 0.3) is 0 Å². The number of piperidine rings is 1. The van der Waals surface area contributed by atoms with Crippen molar-refractivity contribution in [2.45, 2.75) is 37.7 Å². The van der Waals surface area contributed by atoms with Crippen molar-refractivity contribution in [3.8, 4) is 5.88 Å². The molecule has 1 aromatic heterocycles. The van der Waals surface area contributed by atoms with E-state index in [0.29, 0.717) is 37.6 Å². The molecule has 0 aliphatic carbocycles. The van der Waals surface area contributed by atoms with E-state index < -0.39 is 15.8 Å². The first-order valence-corrected chi connectivity index (χ1v) is 9.53. The lowest BCUT2D eigenvalue weighted by atomic mass is 10.1. The second kappa shape index (κ2) is 7.05. The van der Waals surface area contributed by atoms with E-state index in [4.69, 9.17) is 4.74 Å². The number of aryl methyl sites for hydroxylation is 2. The maximum absolute atomic E-state index is 13.3. The number of halogens is 1. The van der Waals surface area contributed by atoms with Crippen LogP contribution < -0.4 is 4.74 Å². The number of ether oxygens (including phenoxy) is 1. The minimum atomic E-state index is -3.68. The molecule has 1 aliphatic heterocycles. The van der Waals surface area contributed by atoms with Gasteiger partial charge in [0.1, 0.15) is 17.7 Å². The Morgan fingerprint density at radius 3 is 2.52 bits per heavy atom. The first kappa shape index (κ1) is 17.8. The Bertz CT molecular complexity index is 845. The van der Waals surface area contributed by atoms with E-state index in [0.717, 1.165) is 11.8 Å². The molecule has 0 spiro atoms. The third-order valence-corrected chi connectivity index (χ3v) is 5.96. The van der Waals surface area contributed by atoms with Crippen LogP contribution in [0.2, 0.25) is 0 Å². The zero-order chi connectivity index (χ0) is 18.0. The van der Waals surface area contributed by atoms with Crippen LogP contribution in [0.3, 0.4) is 0 Å². The molecule has 0 N–H and O–H groups in total. The zero-order valence-corrected chi connectivity index (χ0v) is 15.0. The molecule has 0 atom stereocenters. The Kier molecular flexibility index (Phi) is 5.01. The van der Waals surface area contributed by atoms with Crippen LogP contribution in [0.15, 0.2) is 35.2 Å². The van der Waals surface area contributed by atoms with Crippen LogP contribution in [-0.4, -0.2) is 41.9 Å². The summed E-state index contributed by atoms with van der Waals surface area (Å²) in [5.74, 6) is 0.589. The zero-order valence-electron chi connectivity index (χ0n) is 14.1. The van der Waals surface area contributed by atoms with E-state index in [1.807, 2.05) is 6.92 Å². The van der Waals surface area contributed by atoms with Crippen molar-refractivity contribution in [1.29, 1.82) is 0 Å². The van der Waals surface area contributed by atoms with Crippen molar-refractivity contribution < 1.29 is 17.5 Å². The molecule has 1 aromatic carbocycles. The highest BCUT2D eigenvalue weighted by Gasteiger charge is 2.30. The Morgan fingerprint density at radius 1 is 1.16 bits per heavy atom. The van der Waals surface area contributed by atoms with E-state index in [2.05, 4.69) is 9.97 Å². The van der Waals surface area contributed by atoms with E-state index in [1.165, 1.54) is 22.5 Å². The lowest BCUT2D eigenvalue weighted by Gasteiger charge is -2.31. The number of hydrogen-bond acceptors (Lipinski definition) is 5. The number of sulfonamides is 1. The third kappa shape index (κ3) is 4.13. The highest BCUT2D eigenvalue weighted by atomic mass is 32.2. The maximum atomic E-state index is 13.3. The summed E-state index contributed by atoms with van der Waals surface area (Å²) >= 11 is 0. The number of aromatic nitrogens is 2. The molecule has 0 radical (unpaired) electrons. The van der Waals surface area contributed by atoms with Gasteiger partial charge in [-0.25, -0.2) is 17.8 Å². The van der Waals surface area contributed by atoms with E-state index in [9.17, 15) is 12.8 Å². The second-order valence-corrected chi connectivity index (χ2v) is 8.01. The van der Waals surface area contributed by atoms with E-state index in [-0.39, 0.29) is 11.0 Å². The SMILES string of the molecule is Cc1cc(OC2CCN(S(=O)(=O)c3cccc(F)c3)CC2)nc(C)n1. The average Bonchev–Trinajstić information content (AvgIpc) is 2.54. The maximum Gasteiger partial charge on any atom is 0.243 e. The molecule has 2 aromatic rings.